The summed E-state index contributed by atoms with van der Waals surface area (Å²) in [6.45, 7) is 0.768. The minimum absolute atomic E-state index is 0.0722. The summed E-state index contributed by atoms with van der Waals surface area (Å²) in [7, 11) is 1.51. The summed E-state index contributed by atoms with van der Waals surface area (Å²) in [5.41, 5.74) is 1.14. The predicted octanol–water partition coefficient (Wildman–Crippen LogP) is 2.02. The van der Waals surface area contributed by atoms with E-state index in [2.05, 4.69) is 22.4 Å². The topological polar surface area (TPSA) is 54.1 Å². The quantitative estimate of drug-likeness (QED) is 0.620. The van der Waals surface area contributed by atoms with Crippen LogP contribution in [0.4, 0.5) is 0 Å². The van der Waals surface area contributed by atoms with E-state index >= 15 is 0 Å². The third-order valence-electron chi connectivity index (χ3n) is 2.51. The third kappa shape index (κ3) is 3.27. The first-order valence-corrected chi connectivity index (χ1v) is 6.74. The Morgan fingerprint density at radius 2 is 2.28 bits per heavy atom. The molecule has 1 heterocycles. The van der Waals surface area contributed by atoms with E-state index < -0.39 is 0 Å². The number of carbonyl (C=O) groups excluding carboxylic acids is 1. The average molecular weight is 264 g/mol. The van der Waals surface area contributed by atoms with Crippen molar-refractivity contribution in [1.82, 2.24) is 10.3 Å². The molecule has 18 heavy (non-hydrogen) atoms. The van der Waals surface area contributed by atoms with Crippen LogP contribution in [0.15, 0.2) is 35.4 Å². The van der Waals surface area contributed by atoms with Crippen LogP contribution < -0.4 is 5.32 Å². The van der Waals surface area contributed by atoms with Crippen LogP contribution >= 0.6 is 11.8 Å². The van der Waals surface area contributed by atoms with E-state index in [1.807, 2.05) is 18.3 Å². The Balaban J connectivity index is 1.82. The molecular weight excluding hydrogens is 248 g/mol. The highest BCUT2D eigenvalue weighted by molar-refractivity contribution is 7.99. The van der Waals surface area contributed by atoms with Crippen LogP contribution in [0.5, 0.6) is 0 Å². The molecule has 2 rings (SSSR count). The molecule has 0 radical (unpaired) electrons. The second-order valence-corrected chi connectivity index (χ2v) is 4.97. The number of rotatable bonds is 6. The lowest BCUT2D eigenvalue weighted by molar-refractivity contribution is -0.124. The summed E-state index contributed by atoms with van der Waals surface area (Å²) in [6.07, 6.45) is 2.01. The van der Waals surface area contributed by atoms with Gasteiger partial charge in [0.1, 0.15) is 6.61 Å². The molecule has 0 spiro atoms. The minimum Gasteiger partial charge on any atom is -0.375 e. The van der Waals surface area contributed by atoms with Gasteiger partial charge >= 0.3 is 0 Å². The maximum Gasteiger partial charge on any atom is 0.246 e. The zero-order valence-electron chi connectivity index (χ0n) is 10.2. The van der Waals surface area contributed by atoms with E-state index in [0.29, 0.717) is 6.54 Å². The number of aromatic amines is 1. The van der Waals surface area contributed by atoms with Crippen molar-refractivity contribution in [3.8, 4) is 0 Å². The summed E-state index contributed by atoms with van der Waals surface area (Å²) in [4.78, 5) is 15.6. The Kier molecular flexibility index (Phi) is 4.66. The maximum absolute atomic E-state index is 11.2. The largest absolute Gasteiger partial charge is 0.375 e. The summed E-state index contributed by atoms with van der Waals surface area (Å²) in [6, 6.07) is 8.19. The highest BCUT2D eigenvalue weighted by Gasteiger charge is 2.03. The number of carbonyl (C=O) groups is 1. The number of hydrogen-bond acceptors (Lipinski definition) is 3. The molecule has 1 aromatic carbocycles. The van der Waals surface area contributed by atoms with Gasteiger partial charge < -0.3 is 15.0 Å². The Labute approximate surface area is 110 Å². The van der Waals surface area contributed by atoms with Crippen molar-refractivity contribution in [1.29, 1.82) is 0 Å². The van der Waals surface area contributed by atoms with Gasteiger partial charge in [0.15, 0.2) is 0 Å². The molecule has 1 aromatic heterocycles. The molecule has 96 valence electrons. The molecular formula is C13H16N2O2S. The number of benzene rings is 1. The summed E-state index contributed by atoms with van der Waals surface area (Å²) in [5, 5.41) is 4.03. The number of ether oxygens (including phenoxy) is 1. The number of H-pyrrole nitrogens is 1. The SMILES string of the molecule is COCC(=O)NCCSc1c[nH]c2ccccc12. The van der Waals surface area contributed by atoms with Crippen molar-refractivity contribution in [2.75, 3.05) is 26.0 Å². The van der Waals surface area contributed by atoms with Gasteiger partial charge in [0, 0.05) is 41.4 Å². The zero-order valence-corrected chi connectivity index (χ0v) is 11.0. The predicted molar refractivity (Wildman–Crippen MR) is 73.9 cm³/mol. The Morgan fingerprint density at radius 3 is 3.11 bits per heavy atom. The number of thioether (sulfide) groups is 1. The molecule has 4 nitrogen and oxygen atoms in total. The van der Waals surface area contributed by atoms with Crippen molar-refractivity contribution in [3.63, 3.8) is 0 Å². The first-order valence-electron chi connectivity index (χ1n) is 5.76. The number of aromatic nitrogens is 1. The molecule has 5 heteroatoms. The monoisotopic (exact) mass is 264 g/mol. The van der Waals surface area contributed by atoms with Crippen molar-refractivity contribution in [2.24, 2.45) is 0 Å². The van der Waals surface area contributed by atoms with Gasteiger partial charge in [-0.3, -0.25) is 4.79 Å². The molecule has 0 unspecified atom stereocenters. The molecule has 0 atom stereocenters. The van der Waals surface area contributed by atoms with Gasteiger partial charge in [-0.2, -0.15) is 0 Å². The number of nitrogens with one attached hydrogen (secondary N) is 2. The lowest BCUT2D eigenvalue weighted by Gasteiger charge is -2.03. The Hall–Kier alpha value is -1.46. The molecule has 2 N–H and O–H groups in total. The lowest BCUT2D eigenvalue weighted by Crippen LogP contribution is -2.28. The fourth-order valence-electron chi connectivity index (χ4n) is 1.70. The summed E-state index contributed by atoms with van der Waals surface area (Å²) < 4.78 is 4.74. The van der Waals surface area contributed by atoms with E-state index in [0.717, 1.165) is 11.3 Å². The molecule has 0 saturated carbocycles. The normalized spacial score (nSPS) is 10.7. The molecule has 0 aliphatic carbocycles. The Morgan fingerprint density at radius 1 is 1.44 bits per heavy atom. The maximum atomic E-state index is 11.2. The van der Waals surface area contributed by atoms with E-state index in [4.69, 9.17) is 4.74 Å². The first kappa shape index (κ1) is 13.0. The summed E-state index contributed by atoms with van der Waals surface area (Å²) >= 11 is 1.73. The number of hydrogen-bond donors (Lipinski definition) is 2. The standard InChI is InChI=1S/C13H16N2O2S/c1-17-9-13(16)14-6-7-18-12-8-15-11-5-3-2-4-10(11)12/h2-5,8,15H,6-7,9H2,1H3,(H,14,16). The molecule has 2 aromatic rings. The minimum atomic E-state index is -0.0722. The molecule has 0 fully saturated rings. The van der Waals surface area contributed by atoms with Gasteiger partial charge in [-0.15, -0.1) is 11.8 Å². The van der Waals surface area contributed by atoms with Crippen molar-refractivity contribution >= 4 is 28.6 Å². The van der Waals surface area contributed by atoms with E-state index in [1.165, 1.54) is 17.4 Å². The van der Waals surface area contributed by atoms with Crippen molar-refractivity contribution in [3.05, 3.63) is 30.5 Å². The second-order valence-electron chi connectivity index (χ2n) is 3.83. The van der Waals surface area contributed by atoms with Crippen LogP contribution in [0.3, 0.4) is 0 Å². The smallest absolute Gasteiger partial charge is 0.246 e. The van der Waals surface area contributed by atoms with Gasteiger partial charge in [0.25, 0.3) is 0 Å². The average Bonchev–Trinajstić information content (AvgIpc) is 2.78. The second kappa shape index (κ2) is 6.47. The fourth-order valence-corrected chi connectivity index (χ4v) is 2.60. The molecule has 0 bridgehead atoms. The zero-order chi connectivity index (χ0) is 12.8. The summed E-state index contributed by atoms with van der Waals surface area (Å²) in [5.74, 6) is 0.772. The van der Waals surface area contributed by atoms with Crippen LogP contribution in [0.2, 0.25) is 0 Å². The van der Waals surface area contributed by atoms with Gasteiger partial charge in [-0.05, 0) is 6.07 Å². The highest BCUT2D eigenvalue weighted by Crippen LogP contribution is 2.26. The van der Waals surface area contributed by atoms with Gasteiger partial charge in [-0.1, -0.05) is 18.2 Å². The number of methoxy groups -OCH3 is 1. The van der Waals surface area contributed by atoms with Crippen LogP contribution in [0.1, 0.15) is 0 Å². The van der Waals surface area contributed by atoms with Crippen molar-refractivity contribution in [2.45, 2.75) is 4.90 Å². The highest BCUT2D eigenvalue weighted by atomic mass is 32.2. The molecule has 0 saturated heterocycles. The van der Waals surface area contributed by atoms with E-state index in [-0.39, 0.29) is 12.5 Å². The number of para-hydroxylation sites is 1. The fraction of sp³-hybridized carbons (Fsp3) is 0.308. The molecule has 0 aliphatic heterocycles. The van der Waals surface area contributed by atoms with E-state index in [1.54, 1.807) is 11.8 Å². The van der Waals surface area contributed by atoms with Crippen LogP contribution in [0.25, 0.3) is 10.9 Å². The first-order chi connectivity index (χ1) is 8.81. The van der Waals surface area contributed by atoms with Crippen LogP contribution in [-0.4, -0.2) is 36.9 Å². The van der Waals surface area contributed by atoms with E-state index in [9.17, 15) is 4.79 Å². The van der Waals surface area contributed by atoms with Gasteiger partial charge in [-0.25, -0.2) is 0 Å². The number of fused-ring (bicyclic) bond motifs is 1. The van der Waals surface area contributed by atoms with Gasteiger partial charge in [0.05, 0.1) is 0 Å². The Bertz CT molecular complexity index is 524. The molecule has 1 amide bonds. The lowest BCUT2D eigenvalue weighted by atomic mass is 10.2. The van der Waals surface area contributed by atoms with Crippen LogP contribution in [-0.2, 0) is 9.53 Å². The number of amides is 1. The van der Waals surface area contributed by atoms with Crippen LogP contribution in [0, 0.1) is 0 Å². The molecule has 0 aliphatic rings. The third-order valence-corrected chi connectivity index (χ3v) is 3.57. The van der Waals surface area contributed by atoms with Gasteiger partial charge in [0.2, 0.25) is 5.91 Å². The van der Waals surface area contributed by atoms with Crippen molar-refractivity contribution < 1.29 is 9.53 Å².